The maximum absolute atomic E-state index is 13.3. The largest absolute Gasteiger partial charge is 0.352 e. The maximum atomic E-state index is 13.3. The highest BCUT2D eigenvalue weighted by Crippen LogP contribution is 2.49. The van der Waals surface area contributed by atoms with Crippen LogP contribution in [0.1, 0.15) is 31.7 Å². The Bertz CT molecular complexity index is 667. The molecular formula is C16H17F3N2O2. The summed E-state index contributed by atoms with van der Waals surface area (Å²) < 4.78 is 39.7. The van der Waals surface area contributed by atoms with Crippen LogP contribution in [0, 0.1) is 23.4 Å². The van der Waals surface area contributed by atoms with Crippen LogP contribution in [0.2, 0.25) is 0 Å². The number of carbonyl (C=O) groups excluding carboxylic acids is 2. The van der Waals surface area contributed by atoms with E-state index in [-0.39, 0.29) is 23.3 Å². The number of carbonyl (C=O) groups is 2. The lowest BCUT2D eigenvalue weighted by molar-refractivity contribution is -0.150. The Morgan fingerprint density at radius 2 is 1.87 bits per heavy atom. The van der Waals surface area contributed by atoms with Crippen LogP contribution >= 0.6 is 0 Å². The number of benzene rings is 1. The molecule has 1 heterocycles. The minimum Gasteiger partial charge on any atom is -0.352 e. The first-order chi connectivity index (χ1) is 10.7. The van der Waals surface area contributed by atoms with Gasteiger partial charge in [0.1, 0.15) is 5.54 Å². The zero-order valence-electron chi connectivity index (χ0n) is 12.8. The van der Waals surface area contributed by atoms with E-state index in [2.05, 4.69) is 5.32 Å². The Labute approximate surface area is 131 Å². The molecule has 1 saturated carbocycles. The molecule has 2 fully saturated rings. The summed E-state index contributed by atoms with van der Waals surface area (Å²) in [5.74, 6) is -5.22. The summed E-state index contributed by atoms with van der Waals surface area (Å²) in [5.41, 5.74) is -0.680. The lowest BCUT2D eigenvalue weighted by Crippen LogP contribution is -2.63. The van der Waals surface area contributed by atoms with Gasteiger partial charge in [-0.15, -0.1) is 0 Å². The molecule has 0 bridgehead atoms. The topological polar surface area (TPSA) is 49.4 Å². The van der Waals surface area contributed by atoms with Crippen LogP contribution in [-0.4, -0.2) is 35.3 Å². The van der Waals surface area contributed by atoms with E-state index >= 15 is 0 Å². The Morgan fingerprint density at radius 1 is 1.26 bits per heavy atom. The van der Waals surface area contributed by atoms with Crippen molar-refractivity contribution in [3.05, 3.63) is 35.1 Å². The van der Waals surface area contributed by atoms with Crippen molar-refractivity contribution in [1.82, 2.24) is 10.2 Å². The van der Waals surface area contributed by atoms with Gasteiger partial charge in [0, 0.05) is 19.0 Å². The molecule has 0 radical (unpaired) electrons. The van der Waals surface area contributed by atoms with Crippen molar-refractivity contribution in [2.75, 3.05) is 13.1 Å². The van der Waals surface area contributed by atoms with E-state index in [0.717, 1.165) is 12.1 Å². The smallest absolute Gasteiger partial charge is 0.245 e. The number of hydrogen-bond donors (Lipinski definition) is 1. The van der Waals surface area contributed by atoms with Crippen molar-refractivity contribution < 1.29 is 22.8 Å². The third-order valence-electron chi connectivity index (χ3n) is 4.66. The molecule has 1 saturated heterocycles. The molecule has 4 nitrogen and oxygen atoms in total. The fourth-order valence-corrected chi connectivity index (χ4v) is 3.11. The Kier molecular flexibility index (Phi) is 3.61. The van der Waals surface area contributed by atoms with Crippen LogP contribution in [0.15, 0.2) is 12.1 Å². The van der Waals surface area contributed by atoms with E-state index in [1.54, 1.807) is 13.8 Å². The van der Waals surface area contributed by atoms with E-state index in [0.29, 0.717) is 19.5 Å². The lowest BCUT2D eigenvalue weighted by Gasteiger charge is -2.41. The average molecular weight is 326 g/mol. The van der Waals surface area contributed by atoms with Gasteiger partial charge < -0.3 is 10.2 Å². The summed E-state index contributed by atoms with van der Waals surface area (Å²) in [7, 11) is 0. The molecule has 7 heteroatoms. The Balaban J connectivity index is 1.78. The summed E-state index contributed by atoms with van der Waals surface area (Å²) >= 11 is 0. The standard InChI is InChI=1S/C16H17F3N2O2/c1-16(2)15(23)20-3-4-21(16)14(22)10-7-9(10)8-5-11(17)13(19)12(18)6-8/h5-6,9-10H,3-4,7H2,1-2H3,(H,20,23)/t9-,10+/m0/s1. The summed E-state index contributed by atoms with van der Waals surface area (Å²) in [6.45, 7) is 4.10. The second-order valence-corrected chi connectivity index (χ2v) is 6.55. The molecule has 124 valence electrons. The molecule has 0 aromatic heterocycles. The van der Waals surface area contributed by atoms with Crippen molar-refractivity contribution in [2.45, 2.75) is 31.7 Å². The molecule has 2 aliphatic rings. The molecule has 0 spiro atoms. The van der Waals surface area contributed by atoms with Crippen LogP contribution in [0.3, 0.4) is 0 Å². The Morgan fingerprint density at radius 3 is 2.48 bits per heavy atom. The fourth-order valence-electron chi connectivity index (χ4n) is 3.11. The molecule has 3 rings (SSSR count). The summed E-state index contributed by atoms with van der Waals surface area (Å²) in [6.07, 6.45) is 0.442. The molecule has 1 aliphatic carbocycles. The first kappa shape index (κ1) is 15.8. The van der Waals surface area contributed by atoms with Gasteiger partial charge in [-0.05, 0) is 43.9 Å². The van der Waals surface area contributed by atoms with E-state index in [1.165, 1.54) is 4.90 Å². The predicted octanol–water partition coefficient (Wildman–Crippen LogP) is 1.94. The number of piperazine rings is 1. The van der Waals surface area contributed by atoms with Crippen LogP contribution in [0.25, 0.3) is 0 Å². The van der Waals surface area contributed by atoms with E-state index in [4.69, 9.17) is 0 Å². The minimum absolute atomic E-state index is 0.208. The normalized spacial score (nSPS) is 26.0. The van der Waals surface area contributed by atoms with E-state index < -0.39 is 28.9 Å². The second kappa shape index (κ2) is 5.25. The van der Waals surface area contributed by atoms with Gasteiger partial charge in [-0.3, -0.25) is 9.59 Å². The first-order valence-electron chi connectivity index (χ1n) is 7.47. The van der Waals surface area contributed by atoms with Crippen molar-refractivity contribution >= 4 is 11.8 Å². The highest BCUT2D eigenvalue weighted by atomic mass is 19.2. The van der Waals surface area contributed by atoms with Gasteiger partial charge in [0.2, 0.25) is 11.8 Å². The highest BCUT2D eigenvalue weighted by molar-refractivity contribution is 5.93. The van der Waals surface area contributed by atoms with Crippen LogP contribution in [0.4, 0.5) is 13.2 Å². The van der Waals surface area contributed by atoms with Crippen LogP contribution < -0.4 is 5.32 Å². The zero-order valence-corrected chi connectivity index (χ0v) is 12.8. The average Bonchev–Trinajstić information content (AvgIpc) is 3.27. The van der Waals surface area contributed by atoms with Gasteiger partial charge in [0.15, 0.2) is 17.5 Å². The van der Waals surface area contributed by atoms with Gasteiger partial charge in [-0.2, -0.15) is 0 Å². The fraction of sp³-hybridized carbons (Fsp3) is 0.500. The summed E-state index contributed by atoms with van der Waals surface area (Å²) in [4.78, 5) is 26.0. The molecule has 0 unspecified atom stereocenters. The number of hydrogen-bond acceptors (Lipinski definition) is 2. The Hall–Kier alpha value is -2.05. The summed E-state index contributed by atoms with van der Waals surface area (Å²) in [5, 5.41) is 2.71. The molecule has 2 atom stereocenters. The lowest BCUT2D eigenvalue weighted by atomic mass is 9.97. The van der Waals surface area contributed by atoms with Crippen LogP contribution in [0.5, 0.6) is 0 Å². The van der Waals surface area contributed by atoms with Gasteiger partial charge in [0.05, 0.1) is 0 Å². The number of halogens is 3. The molecular weight excluding hydrogens is 309 g/mol. The third-order valence-corrected chi connectivity index (χ3v) is 4.66. The summed E-state index contributed by atoms with van der Waals surface area (Å²) in [6, 6.07) is 1.87. The number of nitrogens with zero attached hydrogens (tertiary/aromatic N) is 1. The van der Waals surface area contributed by atoms with Crippen molar-refractivity contribution in [3.8, 4) is 0 Å². The maximum Gasteiger partial charge on any atom is 0.245 e. The second-order valence-electron chi connectivity index (χ2n) is 6.55. The van der Waals surface area contributed by atoms with E-state index in [9.17, 15) is 22.8 Å². The molecule has 2 amide bonds. The van der Waals surface area contributed by atoms with Crippen LogP contribution in [-0.2, 0) is 9.59 Å². The van der Waals surface area contributed by atoms with Crippen molar-refractivity contribution in [2.24, 2.45) is 5.92 Å². The van der Waals surface area contributed by atoms with E-state index in [1.807, 2.05) is 0 Å². The minimum atomic E-state index is -1.51. The van der Waals surface area contributed by atoms with Crippen molar-refractivity contribution in [3.63, 3.8) is 0 Å². The predicted molar refractivity (Wildman–Crippen MR) is 76.0 cm³/mol. The van der Waals surface area contributed by atoms with Gasteiger partial charge in [0.25, 0.3) is 0 Å². The van der Waals surface area contributed by atoms with Gasteiger partial charge >= 0.3 is 0 Å². The first-order valence-corrected chi connectivity index (χ1v) is 7.47. The SMILES string of the molecule is CC1(C)C(=O)NCCN1C(=O)[C@@H]1C[C@H]1c1cc(F)c(F)c(F)c1. The monoisotopic (exact) mass is 326 g/mol. The van der Waals surface area contributed by atoms with Crippen molar-refractivity contribution in [1.29, 1.82) is 0 Å². The highest BCUT2D eigenvalue weighted by Gasteiger charge is 2.50. The number of nitrogens with one attached hydrogen (secondary N) is 1. The number of rotatable bonds is 2. The molecule has 23 heavy (non-hydrogen) atoms. The zero-order chi connectivity index (χ0) is 16.9. The molecule has 1 aliphatic heterocycles. The van der Waals surface area contributed by atoms with Gasteiger partial charge in [-0.25, -0.2) is 13.2 Å². The third kappa shape index (κ3) is 2.58. The number of amides is 2. The molecule has 1 aromatic carbocycles. The van der Waals surface area contributed by atoms with Gasteiger partial charge in [-0.1, -0.05) is 0 Å². The molecule has 1 aromatic rings. The quantitative estimate of drug-likeness (QED) is 0.845. The molecule has 1 N–H and O–H groups in total.